The maximum atomic E-state index is 12.8. The van der Waals surface area contributed by atoms with Crippen LogP contribution in [0.3, 0.4) is 0 Å². The summed E-state index contributed by atoms with van der Waals surface area (Å²) in [6, 6.07) is 15.0. The maximum Gasteiger partial charge on any atom is 0.316 e. The van der Waals surface area contributed by atoms with Crippen molar-refractivity contribution in [3.8, 4) is 6.01 Å². The predicted molar refractivity (Wildman–Crippen MR) is 103 cm³/mol. The van der Waals surface area contributed by atoms with Crippen LogP contribution in [0.2, 0.25) is 0 Å². The van der Waals surface area contributed by atoms with Gasteiger partial charge in [-0.1, -0.05) is 30.3 Å². The molecule has 0 amide bonds. The second-order valence-electron chi connectivity index (χ2n) is 6.75. The van der Waals surface area contributed by atoms with Crippen molar-refractivity contribution < 1.29 is 13.2 Å². The molecule has 6 nitrogen and oxygen atoms in total. The second-order valence-corrected chi connectivity index (χ2v) is 8.47. The fourth-order valence-corrected chi connectivity index (χ4v) is 4.76. The molecule has 0 spiro atoms. The van der Waals surface area contributed by atoms with Gasteiger partial charge in [-0.3, -0.25) is 0 Å². The molecule has 1 fully saturated rings. The number of aromatic nitrogens is 2. The van der Waals surface area contributed by atoms with E-state index in [2.05, 4.69) is 14.7 Å². The molecule has 0 aliphatic heterocycles. The van der Waals surface area contributed by atoms with Crippen molar-refractivity contribution in [1.29, 1.82) is 0 Å². The van der Waals surface area contributed by atoms with Crippen LogP contribution in [-0.4, -0.2) is 30.5 Å². The fraction of sp³-hybridized carbons (Fsp3) is 0.300. The lowest BCUT2D eigenvalue weighted by molar-refractivity contribution is 0.132. The quantitative estimate of drug-likeness (QED) is 0.731. The highest BCUT2D eigenvalue weighted by Crippen LogP contribution is 2.24. The average Bonchev–Trinajstić information content (AvgIpc) is 2.70. The Hall–Kier alpha value is -2.51. The monoisotopic (exact) mass is 383 g/mol. The summed E-state index contributed by atoms with van der Waals surface area (Å²) >= 11 is 0. The molecule has 1 saturated carbocycles. The zero-order valence-electron chi connectivity index (χ0n) is 14.8. The number of hydrogen-bond acceptors (Lipinski definition) is 5. The van der Waals surface area contributed by atoms with Crippen molar-refractivity contribution >= 4 is 20.8 Å². The van der Waals surface area contributed by atoms with Gasteiger partial charge in [0.1, 0.15) is 6.10 Å². The minimum absolute atomic E-state index is 0.0221. The van der Waals surface area contributed by atoms with Gasteiger partial charge < -0.3 is 4.74 Å². The summed E-state index contributed by atoms with van der Waals surface area (Å²) in [5, 5.41) is 1.94. The molecule has 4 rings (SSSR count). The van der Waals surface area contributed by atoms with Crippen LogP contribution in [0.1, 0.15) is 25.7 Å². The molecule has 7 heteroatoms. The van der Waals surface area contributed by atoms with Gasteiger partial charge in [-0.2, -0.15) is 0 Å². The summed E-state index contributed by atoms with van der Waals surface area (Å²) in [6.07, 6.45) is 6.30. The average molecular weight is 383 g/mol. The third-order valence-electron chi connectivity index (χ3n) is 4.84. The predicted octanol–water partition coefficient (Wildman–Crippen LogP) is 3.30. The molecule has 2 aromatic carbocycles. The maximum absolute atomic E-state index is 12.8. The van der Waals surface area contributed by atoms with Crippen LogP contribution in [0.5, 0.6) is 6.01 Å². The summed E-state index contributed by atoms with van der Waals surface area (Å²) in [5.41, 5.74) is 0. The topological polar surface area (TPSA) is 81.2 Å². The lowest BCUT2D eigenvalue weighted by Gasteiger charge is -2.28. The minimum Gasteiger partial charge on any atom is -0.460 e. The van der Waals surface area contributed by atoms with Gasteiger partial charge in [0, 0.05) is 18.4 Å². The number of fused-ring (bicyclic) bond motifs is 1. The Balaban J connectivity index is 1.38. The highest BCUT2D eigenvalue weighted by Gasteiger charge is 2.27. The molecule has 0 radical (unpaired) electrons. The SMILES string of the molecule is O=S(=O)(NC1CCC(Oc2ncccn2)CC1)c1ccc2ccccc2c1. The molecule has 0 atom stereocenters. The van der Waals surface area contributed by atoms with E-state index in [1.807, 2.05) is 30.3 Å². The Morgan fingerprint density at radius 3 is 2.33 bits per heavy atom. The van der Waals surface area contributed by atoms with Crippen molar-refractivity contribution in [3.05, 3.63) is 60.9 Å². The van der Waals surface area contributed by atoms with Crippen LogP contribution in [0.25, 0.3) is 10.8 Å². The smallest absolute Gasteiger partial charge is 0.316 e. The van der Waals surface area contributed by atoms with Crippen LogP contribution in [0.4, 0.5) is 0 Å². The minimum atomic E-state index is -3.54. The van der Waals surface area contributed by atoms with E-state index in [-0.39, 0.29) is 12.1 Å². The van der Waals surface area contributed by atoms with Gasteiger partial charge in [-0.05, 0) is 54.7 Å². The molecule has 27 heavy (non-hydrogen) atoms. The Morgan fingerprint density at radius 2 is 1.59 bits per heavy atom. The number of nitrogens with zero attached hydrogens (tertiary/aromatic N) is 2. The molecule has 3 aromatic rings. The van der Waals surface area contributed by atoms with E-state index in [0.29, 0.717) is 10.9 Å². The zero-order chi connectivity index (χ0) is 18.7. The summed E-state index contributed by atoms with van der Waals surface area (Å²) < 4.78 is 34.1. The lowest BCUT2D eigenvalue weighted by Crippen LogP contribution is -2.39. The molecule has 1 aliphatic carbocycles. The van der Waals surface area contributed by atoms with Crippen molar-refractivity contribution in [2.75, 3.05) is 0 Å². The van der Waals surface area contributed by atoms with Crippen LogP contribution in [-0.2, 0) is 10.0 Å². The number of ether oxygens (including phenoxy) is 1. The first-order valence-corrected chi connectivity index (χ1v) is 10.5. The molecule has 1 aromatic heterocycles. The molecule has 0 unspecified atom stereocenters. The van der Waals surface area contributed by atoms with Gasteiger partial charge in [0.05, 0.1) is 4.90 Å². The third-order valence-corrected chi connectivity index (χ3v) is 6.36. The molecule has 0 bridgehead atoms. The second kappa shape index (κ2) is 7.62. The molecular formula is C20H21N3O3S. The Bertz CT molecular complexity index is 1020. The number of benzene rings is 2. The Kier molecular flexibility index (Phi) is 5.05. The third kappa shape index (κ3) is 4.26. The summed E-state index contributed by atoms with van der Waals surface area (Å²) in [5.74, 6) is 0. The Labute approximate surface area is 158 Å². The highest BCUT2D eigenvalue weighted by atomic mass is 32.2. The fourth-order valence-electron chi connectivity index (χ4n) is 3.42. The van der Waals surface area contributed by atoms with Crippen LogP contribution >= 0.6 is 0 Å². The number of rotatable bonds is 5. The van der Waals surface area contributed by atoms with Crippen LogP contribution in [0.15, 0.2) is 65.8 Å². The van der Waals surface area contributed by atoms with Gasteiger partial charge in [0.15, 0.2) is 0 Å². The van der Waals surface area contributed by atoms with Gasteiger partial charge >= 0.3 is 6.01 Å². The van der Waals surface area contributed by atoms with E-state index < -0.39 is 10.0 Å². The Morgan fingerprint density at radius 1 is 0.889 bits per heavy atom. The number of nitrogens with one attached hydrogen (secondary N) is 1. The molecule has 0 saturated heterocycles. The van der Waals surface area contributed by atoms with Crippen LogP contribution < -0.4 is 9.46 Å². The molecule has 140 valence electrons. The van der Waals surface area contributed by atoms with Gasteiger partial charge in [0.25, 0.3) is 0 Å². The van der Waals surface area contributed by atoms with Crippen molar-refractivity contribution in [3.63, 3.8) is 0 Å². The van der Waals surface area contributed by atoms with Crippen molar-refractivity contribution in [1.82, 2.24) is 14.7 Å². The first-order chi connectivity index (χ1) is 13.1. The van der Waals surface area contributed by atoms with E-state index in [1.165, 1.54) is 0 Å². The number of sulfonamides is 1. The summed E-state index contributed by atoms with van der Waals surface area (Å²) in [6.45, 7) is 0. The molecule has 1 heterocycles. The first kappa shape index (κ1) is 17.9. The van der Waals surface area contributed by atoms with Gasteiger partial charge in [0.2, 0.25) is 10.0 Å². The van der Waals surface area contributed by atoms with Gasteiger partial charge in [-0.25, -0.2) is 23.1 Å². The van der Waals surface area contributed by atoms with E-state index in [4.69, 9.17) is 4.74 Å². The molecular weight excluding hydrogens is 362 g/mol. The lowest BCUT2D eigenvalue weighted by atomic mass is 9.94. The highest BCUT2D eigenvalue weighted by molar-refractivity contribution is 7.89. The molecule has 1 N–H and O–H groups in total. The van der Waals surface area contributed by atoms with Crippen LogP contribution in [0, 0.1) is 0 Å². The standard InChI is InChI=1S/C20H21N3O3S/c24-27(25,19-11-6-15-4-1-2-5-16(15)14-19)23-17-7-9-18(10-8-17)26-20-21-12-3-13-22-20/h1-6,11-14,17-18,23H,7-10H2. The van der Waals surface area contributed by atoms with E-state index in [1.54, 1.807) is 30.6 Å². The molecule has 1 aliphatic rings. The largest absolute Gasteiger partial charge is 0.460 e. The van der Waals surface area contributed by atoms with E-state index in [0.717, 1.165) is 36.5 Å². The summed E-state index contributed by atoms with van der Waals surface area (Å²) in [7, 11) is -3.54. The van der Waals surface area contributed by atoms with E-state index in [9.17, 15) is 8.42 Å². The van der Waals surface area contributed by atoms with Gasteiger partial charge in [-0.15, -0.1) is 0 Å². The van der Waals surface area contributed by atoms with Crippen molar-refractivity contribution in [2.24, 2.45) is 0 Å². The number of hydrogen-bond donors (Lipinski definition) is 1. The normalized spacial score (nSPS) is 20.4. The van der Waals surface area contributed by atoms with E-state index >= 15 is 0 Å². The van der Waals surface area contributed by atoms with Crippen molar-refractivity contribution in [2.45, 2.75) is 42.7 Å². The zero-order valence-corrected chi connectivity index (χ0v) is 15.6. The summed E-state index contributed by atoms with van der Waals surface area (Å²) in [4.78, 5) is 8.44. The first-order valence-electron chi connectivity index (χ1n) is 9.05.